The van der Waals surface area contributed by atoms with Crippen LogP contribution in [0.5, 0.6) is 0 Å². The molecule has 0 heterocycles. The van der Waals surface area contributed by atoms with Crippen LogP contribution >= 0.6 is 47.8 Å². The summed E-state index contributed by atoms with van der Waals surface area (Å²) in [5.41, 5.74) is 8.08. The Balaban J connectivity index is -0.00000137. The number of hydrogen-bond acceptors (Lipinski definition) is 24. The second-order valence-electron chi connectivity index (χ2n) is 26.1. The second-order valence-corrected chi connectivity index (χ2v) is 28.7. The normalized spacial score (nSPS) is 12.2. The van der Waals surface area contributed by atoms with E-state index < -0.39 is 121 Å². The van der Waals surface area contributed by atoms with E-state index in [1.54, 1.807) is 184 Å². The number of halogens is 3. The maximum atomic E-state index is 10.4. The van der Waals surface area contributed by atoms with Crippen LogP contribution in [0.25, 0.3) is 14.5 Å². The van der Waals surface area contributed by atoms with E-state index in [1.807, 2.05) is 97.9 Å². The van der Waals surface area contributed by atoms with E-state index in [1.165, 1.54) is 0 Å². The monoisotopic (exact) mass is 2000 g/mol. The van der Waals surface area contributed by atoms with Gasteiger partial charge in [-0.2, -0.15) is 21.0 Å². The Morgan fingerprint density at radius 2 is 0.542 bits per heavy atom. The zero-order chi connectivity index (χ0) is 100. The SMILES string of the molecule is Cc1ccccc1C(O)C#N.Cc1ccccc1[C@@H](O)C(=O)O.Cc1ccccc1[C@H](O)C(=O)O.N#CC(O)Cc1ccccc1.N#CC(O)c1ccccc1Br.O=C(O)[C@@H](O)Cc1ccccc1.O=C(O)[C@@H](O)c1ccccc1Br.O=C(O)[C@H](O)Cc1ccccc1.O=C(O)[C@H](O)c1ccccc1Br.[C-]#[N+]CC(O)CC#N.[C-]#[N+]C[C@@H](O)CC(=O)O.[C-]#[N+]C[C@H](O)CC(=O)O. The molecule has 0 aliphatic carbocycles. The van der Waals surface area contributed by atoms with Gasteiger partial charge < -0.3 is 117 Å². The zero-order valence-corrected chi connectivity index (χ0v) is 75.0. The van der Waals surface area contributed by atoms with Crippen LogP contribution in [0.1, 0.15) is 123 Å². The lowest BCUT2D eigenvalue weighted by Crippen LogP contribution is -2.21. The Hall–Kier alpha value is -13.9. The van der Waals surface area contributed by atoms with Gasteiger partial charge in [0.2, 0.25) is 19.6 Å². The molecule has 0 saturated carbocycles. The molecule has 0 saturated heterocycles. The fourth-order valence-electron chi connectivity index (χ4n) is 9.19. The molecule has 694 valence electrons. The highest BCUT2D eigenvalue weighted by Gasteiger charge is 2.22. The minimum absolute atomic E-state index is 0.0353. The molecule has 131 heavy (non-hydrogen) atoms. The first-order valence-electron chi connectivity index (χ1n) is 37.9. The van der Waals surface area contributed by atoms with E-state index in [-0.39, 0.29) is 51.7 Å². The molecule has 4 unspecified atom stereocenters. The molecule has 0 aliphatic heterocycles. The summed E-state index contributed by atoms with van der Waals surface area (Å²) in [6.07, 6.45) is -13.9. The summed E-state index contributed by atoms with van der Waals surface area (Å²) in [6, 6.07) is 76.1. The van der Waals surface area contributed by atoms with Gasteiger partial charge in [0.15, 0.2) is 48.8 Å². The summed E-state index contributed by atoms with van der Waals surface area (Å²) in [5.74, 6) is -9.45. The van der Waals surface area contributed by atoms with Crippen molar-refractivity contribution in [1.29, 1.82) is 21.0 Å². The molecule has 0 spiro atoms. The van der Waals surface area contributed by atoms with E-state index in [2.05, 4.69) is 62.3 Å². The topological polar surface area (TPSA) is 649 Å². The number of aliphatic hydroxyl groups excluding tert-OH is 12. The number of aryl methyl sites for hydroxylation is 3. The van der Waals surface area contributed by atoms with Gasteiger partial charge in [-0.25, -0.2) is 48.5 Å². The Bertz CT molecular complexity index is 4820. The summed E-state index contributed by atoms with van der Waals surface area (Å²) in [5, 5.41) is 208. The van der Waals surface area contributed by atoms with Gasteiger partial charge in [-0.15, -0.1) is 0 Å². The highest BCUT2D eigenvalue weighted by atomic mass is 79.9. The quantitative estimate of drug-likeness (QED) is 0.0177. The van der Waals surface area contributed by atoms with Crippen molar-refractivity contribution in [3.8, 4) is 24.3 Å². The van der Waals surface area contributed by atoms with Gasteiger partial charge in [0.05, 0.1) is 43.5 Å². The van der Waals surface area contributed by atoms with Crippen LogP contribution in [0, 0.1) is 85.8 Å². The highest BCUT2D eigenvalue weighted by molar-refractivity contribution is 9.11. The third-order valence-electron chi connectivity index (χ3n) is 15.8. The van der Waals surface area contributed by atoms with Crippen molar-refractivity contribution < 1.29 is 140 Å². The van der Waals surface area contributed by atoms with Gasteiger partial charge in [0.25, 0.3) is 0 Å². The van der Waals surface area contributed by atoms with Crippen molar-refractivity contribution in [2.75, 3.05) is 19.6 Å². The Kier molecular flexibility index (Phi) is 66.7. The average molecular weight is 2000 g/mol. The van der Waals surface area contributed by atoms with Gasteiger partial charge in [-0.1, -0.05) is 266 Å². The first kappa shape index (κ1) is 121. The summed E-state index contributed by atoms with van der Waals surface area (Å²) < 4.78 is 1.95. The minimum atomic E-state index is -1.46. The third-order valence-corrected chi connectivity index (χ3v) is 18.0. The van der Waals surface area contributed by atoms with Crippen molar-refractivity contribution in [3.63, 3.8) is 0 Å². The van der Waals surface area contributed by atoms with Crippen molar-refractivity contribution in [1.82, 2.24) is 0 Å². The number of carbonyl (C=O) groups is 8. The van der Waals surface area contributed by atoms with Gasteiger partial charge >= 0.3 is 47.8 Å². The molecule has 12 atom stereocenters. The molecule has 20 N–H and O–H groups in total. The number of aliphatic hydroxyl groups is 12. The highest BCUT2D eigenvalue weighted by Crippen LogP contribution is 2.26. The number of hydrogen-bond donors (Lipinski definition) is 20. The molecule has 0 bridgehead atoms. The number of carboxylic acid groups (broad SMARTS) is 8. The van der Waals surface area contributed by atoms with Crippen LogP contribution in [0.3, 0.4) is 0 Å². The molecule has 0 amide bonds. The van der Waals surface area contributed by atoms with E-state index in [9.17, 15) is 48.6 Å². The van der Waals surface area contributed by atoms with Crippen LogP contribution < -0.4 is 0 Å². The summed E-state index contributed by atoms with van der Waals surface area (Å²) in [7, 11) is 0. The Morgan fingerprint density at radius 3 is 0.786 bits per heavy atom. The molecule has 0 aromatic heterocycles. The van der Waals surface area contributed by atoms with Crippen LogP contribution in [-0.2, 0) is 57.6 Å². The van der Waals surface area contributed by atoms with E-state index in [0.717, 1.165) is 37.9 Å². The smallest absolute Gasteiger partial charge is 0.337 e. The number of benzene rings is 9. The number of nitrogens with zero attached hydrogens (tertiary/aromatic N) is 7. The van der Waals surface area contributed by atoms with E-state index >= 15 is 0 Å². The zero-order valence-electron chi connectivity index (χ0n) is 70.3. The first-order chi connectivity index (χ1) is 61.9. The number of aliphatic carboxylic acids is 8. The van der Waals surface area contributed by atoms with Crippen LogP contribution in [0.15, 0.2) is 250 Å². The molecule has 0 aliphatic rings. The largest absolute Gasteiger partial charge is 0.481 e. The standard InChI is InChI=1S/2C9H9NO.4C9H10O3.C8H6BrNO.2C8H7BrO3.C5H6N2O.2C5H7NO3/c1-7-4-2-3-5-8(7)9(11)6-10;10-7-9(11)6-8-4-2-1-3-5-8;2*1-6-4-2-3-5-7(6)8(10)9(11)12;2*10-8(9(11)12)6-7-4-2-1-3-5-7;9-7-4-2-1-3-6(7)8(11)5-10;2*9-6-4-2-1-3-5(6)7(10)8(11)12;1-7-4-5(8)2-3-6;2*1-6-3-4(7)2-5(8)9/h2-5,9,11H,1H3;1-5,9,11H,6H2;2*2-5,8,10H,1H3,(H,11,12);2*1-5,8,10H,6H2,(H,11,12);1-4,8,11H;2*1-4,7,10H,(H,11,12);5,8H,2,4H2;2*4,7H,2-3H2,(H,8,9)/t;;4*8-;;2*7-;;2*4-/m..1010.10.10/s1. The van der Waals surface area contributed by atoms with Crippen LogP contribution in [0.4, 0.5) is 0 Å². The van der Waals surface area contributed by atoms with Crippen molar-refractivity contribution in [2.45, 2.75) is 133 Å². The Labute approximate surface area is 779 Å². The lowest BCUT2D eigenvalue weighted by molar-refractivity contribution is -0.147. The number of rotatable bonds is 26. The van der Waals surface area contributed by atoms with Gasteiger partial charge in [0, 0.05) is 49.4 Å². The average Bonchev–Trinajstić information content (AvgIpc) is 0.864. The molecule has 9 aromatic rings. The van der Waals surface area contributed by atoms with Crippen molar-refractivity contribution in [3.05, 3.63) is 351 Å². The molecular weight excluding hydrogens is 1900 g/mol. The summed E-state index contributed by atoms with van der Waals surface area (Å²) in [6.45, 7) is 23.9. The lowest BCUT2D eigenvalue weighted by atomic mass is 10.0. The summed E-state index contributed by atoms with van der Waals surface area (Å²) in [4.78, 5) is 90.3. The fourth-order valence-corrected chi connectivity index (χ4v) is 10.7. The fraction of sp³-hybridized carbons (Fsp3) is 0.258. The van der Waals surface area contributed by atoms with Crippen LogP contribution in [0.2, 0.25) is 0 Å². The Morgan fingerprint density at radius 1 is 0.305 bits per heavy atom. The summed E-state index contributed by atoms with van der Waals surface area (Å²) >= 11 is 9.51. The van der Waals surface area contributed by atoms with Crippen LogP contribution in [-0.4, -0.2) is 206 Å². The maximum Gasteiger partial charge on any atom is 0.337 e. The molecule has 0 fully saturated rings. The lowest BCUT2D eigenvalue weighted by Gasteiger charge is -2.07. The van der Waals surface area contributed by atoms with Gasteiger partial charge in [0.1, 0.15) is 24.4 Å². The number of carboxylic acids is 8. The maximum absolute atomic E-state index is 10.4. The van der Waals surface area contributed by atoms with Crippen molar-refractivity contribution in [2.24, 2.45) is 0 Å². The minimum Gasteiger partial charge on any atom is -0.481 e. The van der Waals surface area contributed by atoms with Gasteiger partial charge in [-0.3, -0.25) is 9.59 Å². The van der Waals surface area contributed by atoms with E-state index in [0.29, 0.717) is 48.7 Å². The predicted molar refractivity (Wildman–Crippen MR) is 484 cm³/mol. The second kappa shape index (κ2) is 72.1. The number of nitriles is 4. The third kappa shape index (κ3) is 57.5. The molecule has 35 nitrogen and oxygen atoms in total. The van der Waals surface area contributed by atoms with Gasteiger partial charge in [-0.05, 0) is 89.0 Å². The van der Waals surface area contributed by atoms with Crippen molar-refractivity contribution >= 4 is 95.5 Å². The molecule has 9 rings (SSSR count). The molecule has 9 aromatic carbocycles. The predicted octanol–water partition coefficient (Wildman–Crippen LogP) is 11.0. The van der Waals surface area contributed by atoms with E-state index in [4.69, 9.17) is 133 Å². The molecule has 38 heteroatoms. The first-order valence-corrected chi connectivity index (χ1v) is 40.3. The molecular formula is C93H98Br3N7O28. The molecule has 0 radical (unpaired) electrons.